The van der Waals surface area contributed by atoms with Gasteiger partial charge in [0.05, 0.1) is 11.7 Å². The van der Waals surface area contributed by atoms with Gasteiger partial charge in [-0.05, 0) is 63.8 Å². The molecule has 1 heterocycles. The van der Waals surface area contributed by atoms with Crippen molar-refractivity contribution < 1.29 is 4.74 Å². The molecule has 1 atom stereocenters. The fourth-order valence-corrected chi connectivity index (χ4v) is 2.30. The summed E-state index contributed by atoms with van der Waals surface area (Å²) in [4.78, 5) is 0. The lowest BCUT2D eigenvalue weighted by molar-refractivity contribution is -0.00910. The predicted octanol–water partition coefficient (Wildman–Crippen LogP) is 3.67. The molecule has 0 aliphatic carbocycles. The summed E-state index contributed by atoms with van der Waals surface area (Å²) >= 11 is 0. The summed E-state index contributed by atoms with van der Waals surface area (Å²) in [5, 5.41) is 3.47. The molecule has 0 radical (unpaired) electrons. The van der Waals surface area contributed by atoms with Crippen molar-refractivity contribution in [3.05, 3.63) is 29.3 Å². The first-order chi connectivity index (χ1) is 7.96. The molecule has 2 nitrogen and oxygen atoms in total. The lowest BCUT2D eigenvalue weighted by atomic mass is 10.1. The zero-order chi connectivity index (χ0) is 12.5. The van der Waals surface area contributed by atoms with Gasteiger partial charge in [-0.3, -0.25) is 0 Å². The second-order valence-corrected chi connectivity index (χ2v) is 5.72. The van der Waals surface area contributed by atoms with Gasteiger partial charge in [0, 0.05) is 12.2 Å². The maximum absolute atomic E-state index is 5.96. The van der Waals surface area contributed by atoms with Crippen molar-refractivity contribution >= 4 is 5.69 Å². The molecule has 94 valence electrons. The van der Waals surface area contributed by atoms with Gasteiger partial charge in [0.1, 0.15) is 0 Å². The minimum atomic E-state index is 0.0650. The highest BCUT2D eigenvalue weighted by molar-refractivity contribution is 5.48. The molecule has 1 saturated heterocycles. The van der Waals surface area contributed by atoms with Gasteiger partial charge in [-0.2, -0.15) is 0 Å². The molecule has 1 unspecified atom stereocenters. The van der Waals surface area contributed by atoms with Crippen molar-refractivity contribution in [1.82, 2.24) is 0 Å². The minimum Gasteiger partial charge on any atom is -0.382 e. The third kappa shape index (κ3) is 3.22. The maximum atomic E-state index is 5.96. The Morgan fingerprint density at radius 2 is 2.06 bits per heavy atom. The second-order valence-electron chi connectivity index (χ2n) is 5.72. The van der Waals surface area contributed by atoms with Crippen LogP contribution in [0.3, 0.4) is 0 Å². The third-order valence-corrected chi connectivity index (χ3v) is 3.59. The van der Waals surface area contributed by atoms with Crippen molar-refractivity contribution in [3.8, 4) is 0 Å². The molecule has 1 aromatic carbocycles. The second kappa shape index (κ2) is 4.69. The fourth-order valence-electron chi connectivity index (χ4n) is 2.30. The number of hydrogen-bond acceptors (Lipinski definition) is 2. The number of rotatable bonds is 3. The Morgan fingerprint density at radius 3 is 2.65 bits per heavy atom. The molecule has 0 spiro atoms. The molecule has 0 amide bonds. The number of anilines is 1. The van der Waals surface area contributed by atoms with E-state index in [2.05, 4.69) is 51.2 Å². The normalized spacial score (nSPS) is 22.7. The van der Waals surface area contributed by atoms with Crippen LogP contribution in [0.1, 0.15) is 37.8 Å². The highest BCUT2D eigenvalue weighted by atomic mass is 16.5. The Hall–Kier alpha value is -1.02. The molecule has 2 heteroatoms. The maximum Gasteiger partial charge on any atom is 0.0755 e. The average Bonchev–Trinajstić information content (AvgIpc) is 2.60. The van der Waals surface area contributed by atoms with Crippen LogP contribution in [0, 0.1) is 13.8 Å². The number of nitrogens with one attached hydrogen (secondary N) is 1. The van der Waals surface area contributed by atoms with Crippen LogP contribution in [0.5, 0.6) is 0 Å². The number of hydrogen-bond donors (Lipinski definition) is 1. The summed E-state index contributed by atoms with van der Waals surface area (Å²) in [5.41, 5.74) is 3.94. The van der Waals surface area contributed by atoms with Gasteiger partial charge in [0.2, 0.25) is 0 Å². The van der Waals surface area contributed by atoms with Gasteiger partial charge >= 0.3 is 0 Å². The molecule has 0 bridgehead atoms. The summed E-state index contributed by atoms with van der Waals surface area (Å²) in [5.74, 6) is 0. The lowest BCUT2D eigenvalue weighted by Gasteiger charge is -2.20. The van der Waals surface area contributed by atoms with E-state index in [4.69, 9.17) is 4.74 Å². The molecule has 1 aromatic rings. The summed E-state index contributed by atoms with van der Waals surface area (Å²) in [6.07, 6.45) is 2.67. The van der Waals surface area contributed by atoms with Crippen LogP contribution in [0.25, 0.3) is 0 Å². The van der Waals surface area contributed by atoms with Gasteiger partial charge in [0.15, 0.2) is 0 Å². The van der Waals surface area contributed by atoms with E-state index in [9.17, 15) is 0 Å². The van der Waals surface area contributed by atoms with Gasteiger partial charge in [0.25, 0.3) is 0 Å². The van der Waals surface area contributed by atoms with Crippen LogP contribution in [-0.2, 0) is 4.74 Å². The first-order valence-corrected chi connectivity index (χ1v) is 6.45. The fraction of sp³-hybridized carbons (Fsp3) is 0.600. The monoisotopic (exact) mass is 233 g/mol. The number of aryl methyl sites for hydroxylation is 2. The van der Waals surface area contributed by atoms with Gasteiger partial charge < -0.3 is 10.1 Å². The van der Waals surface area contributed by atoms with Crippen LogP contribution in [0.15, 0.2) is 18.2 Å². The standard InChI is InChI=1S/C15H23NO/c1-11-5-6-13(9-12(11)2)16-10-14-7-8-15(3,4)17-14/h5-6,9,14,16H,7-8,10H2,1-4H3. The SMILES string of the molecule is Cc1ccc(NCC2CCC(C)(C)O2)cc1C. The van der Waals surface area contributed by atoms with Crippen molar-refractivity contribution in [2.45, 2.75) is 52.2 Å². The predicted molar refractivity (Wildman–Crippen MR) is 72.6 cm³/mol. The molecule has 1 aliphatic rings. The van der Waals surface area contributed by atoms with Crippen LogP contribution >= 0.6 is 0 Å². The first kappa shape index (κ1) is 12.4. The van der Waals surface area contributed by atoms with E-state index in [0.29, 0.717) is 6.10 Å². The molecule has 17 heavy (non-hydrogen) atoms. The number of benzene rings is 1. The summed E-state index contributed by atoms with van der Waals surface area (Å²) in [7, 11) is 0. The molecular formula is C15H23NO. The van der Waals surface area contributed by atoms with E-state index in [0.717, 1.165) is 19.4 Å². The van der Waals surface area contributed by atoms with Gasteiger partial charge in [-0.15, -0.1) is 0 Å². The highest BCUT2D eigenvalue weighted by Gasteiger charge is 2.31. The van der Waals surface area contributed by atoms with E-state index < -0.39 is 0 Å². The zero-order valence-electron chi connectivity index (χ0n) is 11.3. The first-order valence-electron chi connectivity index (χ1n) is 6.45. The van der Waals surface area contributed by atoms with Crippen LogP contribution in [0.4, 0.5) is 5.69 Å². The molecule has 1 fully saturated rings. The minimum absolute atomic E-state index is 0.0650. The quantitative estimate of drug-likeness (QED) is 0.860. The van der Waals surface area contributed by atoms with Crippen molar-refractivity contribution in [1.29, 1.82) is 0 Å². The van der Waals surface area contributed by atoms with E-state index in [-0.39, 0.29) is 5.60 Å². The average molecular weight is 233 g/mol. The Morgan fingerprint density at radius 1 is 1.29 bits per heavy atom. The zero-order valence-corrected chi connectivity index (χ0v) is 11.3. The van der Waals surface area contributed by atoms with Crippen LogP contribution in [-0.4, -0.2) is 18.2 Å². The largest absolute Gasteiger partial charge is 0.382 e. The molecule has 1 N–H and O–H groups in total. The van der Waals surface area contributed by atoms with Gasteiger partial charge in [-0.1, -0.05) is 6.07 Å². The van der Waals surface area contributed by atoms with E-state index >= 15 is 0 Å². The molecule has 1 aliphatic heterocycles. The Kier molecular flexibility index (Phi) is 3.43. The molecule has 0 saturated carbocycles. The highest BCUT2D eigenvalue weighted by Crippen LogP contribution is 2.29. The van der Waals surface area contributed by atoms with Crippen molar-refractivity contribution in [2.24, 2.45) is 0 Å². The summed E-state index contributed by atoms with van der Waals surface area (Å²) in [6, 6.07) is 6.51. The van der Waals surface area contributed by atoms with Crippen LogP contribution < -0.4 is 5.32 Å². The molecule has 0 aromatic heterocycles. The van der Waals surface area contributed by atoms with E-state index in [1.807, 2.05) is 0 Å². The summed E-state index contributed by atoms with van der Waals surface area (Å²) < 4.78 is 5.96. The Balaban J connectivity index is 1.88. The van der Waals surface area contributed by atoms with Crippen molar-refractivity contribution in [3.63, 3.8) is 0 Å². The third-order valence-electron chi connectivity index (χ3n) is 3.59. The Labute approximate surface area is 104 Å². The number of ether oxygens (including phenoxy) is 1. The van der Waals surface area contributed by atoms with E-state index in [1.54, 1.807) is 0 Å². The summed E-state index contributed by atoms with van der Waals surface area (Å²) in [6.45, 7) is 9.54. The topological polar surface area (TPSA) is 21.3 Å². The molecular weight excluding hydrogens is 210 g/mol. The Bertz CT molecular complexity index is 398. The lowest BCUT2D eigenvalue weighted by Crippen LogP contribution is -2.24. The van der Waals surface area contributed by atoms with E-state index in [1.165, 1.54) is 16.8 Å². The van der Waals surface area contributed by atoms with Crippen LogP contribution in [0.2, 0.25) is 0 Å². The van der Waals surface area contributed by atoms with Crippen molar-refractivity contribution in [2.75, 3.05) is 11.9 Å². The smallest absolute Gasteiger partial charge is 0.0755 e. The molecule has 2 rings (SSSR count). The van der Waals surface area contributed by atoms with Gasteiger partial charge in [-0.25, -0.2) is 0 Å².